The highest BCUT2D eigenvalue weighted by Gasteiger charge is 2.14. The second kappa shape index (κ2) is 11.8. The zero-order valence-corrected chi connectivity index (χ0v) is 19.7. The van der Waals surface area contributed by atoms with Gasteiger partial charge in [-0.3, -0.25) is 4.99 Å². The number of methoxy groups -OCH3 is 1. The summed E-state index contributed by atoms with van der Waals surface area (Å²) in [6, 6.07) is 12.2. The largest absolute Gasteiger partial charge is 0.497 e. The predicted octanol–water partition coefficient (Wildman–Crippen LogP) is 2.33. The van der Waals surface area contributed by atoms with E-state index in [4.69, 9.17) is 4.74 Å². The van der Waals surface area contributed by atoms with Crippen LogP contribution in [0.4, 0.5) is 5.82 Å². The summed E-state index contributed by atoms with van der Waals surface area (Å²) in [4.78, 5) is 13.6. The third kappa shape index (κ3) is 7.04. The summed E-state index contributed by atoms with van der Waals surface area (Å²) in [7, 11) is 5.61. The van der Waals surface area contributed by atoms with E-state index >= 15 is 0 Å². The summed E-state index contributed by atoms with van der Waals surface area (Å²) in [5, 5.41) is 6.66. The number of pyridine rings is 1. The lowest BCUT2D eigenvalue weighted by Gasteiger charge is -2.33. The number of anilines is 1. The molecule has 0 bridgehead atoms. The number of hydrogen-bond acceptors (Lipinski definition) is 5. The minimum Gasteiger partial charge on any atom is -0.497 e. The van der Waals surface area contributed by atoms with E-state index in [0.29, 0.717) is 13.1 Å². The first-order valence-corrected chi connectivity index (χ1v) is 9.64. The third-order valence-electron chi connectivity index (χ3n) is 4.91. The van der Waals surface area contributed by atoms with E-state index in [9.17, 15) is 0 Å². The summed E-state index contributed by atoms with van der Waals surface area (Å²) in [6.07, 6.45) is 1.94. The fraction of sp³-hybridized carbons (Fsp3) is 0.429. The molecule has 1 aromatic heterocycles. The van der Waals surface area contributed by atoms with Crippen LogP contribution in [0.3, 0.4) is 0 Å². The van der Waals surface area contributed by atoms with E-state index in [0.717, 1.165) is 54.8 Å². The van der Waals surface area contributed by atoms with Crippen molar-refractivity contribution in [2.75, 3.05) is 52.3 Å². The van der Waals surface area contributed by atoms with Crippen molar-refractivity contribution in [3.8, 4) is 5.75 Å². The molecule has 8 heteroatoms. The highest BCUT2D eigenvalue weighted by atomic mass is 127. The average molecular weight is 510 g/mol. The van der Waals surface area contributed by atoms with Gasteiger partial charge in [0.1, 0.15) is 11.6 Å². The van der Waals surface area contributed by atoms with Crippen LogP contribution in [-0.2, 0) is 13.1 Å². The van der Waals surface area contributed by atoms with Gasteiger partial charge in [0.15, 0.2) is 5.96 Å². The zero-order chi connectivity index (χ0) is 19.8. The first-order valence-electron chi connectivity index (χ1n) is 9.64. The molecule has 0 radical (unpaired) electrons. The Bertz CT molecular complexity index is 775. The van der Waals surface area contributed by atoms with Crippen LogP contribution in [0, 0.1) is 0 Å². The Morgan fingerprint density at radius 3 is 2.41 bits per heavy atom. The van der Waals surface area contributed by atoms with Crippen molar-refractivity contribution in [1.82, 2.24) is 20.5 Å². The molecular weight excluding hydrogens is 479 g/mol. The van der Waals surface area contributed by atoms with Gasteiger partial charge in [-0.1, -0.05) is 18.2 Å². The van der Waals surface area contributed by atoms with Crippen LogP contribution in [0.5, 0.6) is 5.75 Å². The highest BCUT2D eigenvalue weighted by Crippen LogP contribution is 2.14. The van der Waals surface area contributed by atoms with Gasteiger partial charge in [0.2, 0.25) is 0 Å². The molecule has 0 saturated carbocycles. The number of aromatic nitrogens is 1. The first-order chi connectivity index (χ1) is 13.7. The fourth-order valence-corrected chi connectivity index (χ4v) is 3.12. The number of hydrogen-bond donors (Lipinski definition) is 2. The summed E-state index contributed by atoms with van der Waals surface area (Å²) < 4.78 is 5.27. The molecule has 3 rings (SSSR count). The van der Waals surface area contributed by atoms with Gasteiger partial charge in [-0.15, -0.1) is 24.0 Å². The van der Waals surface area contributed by atoms with Crippen molar-refractivity contribution < 1.29 is 4.74 Å². The zero-order valence-electron chi connectivity index (χ0n) is 17.4. The minimum absolute atomic E-state index is 0. The number of halogens is 1. The summed E-state index contributed by atoms with van der Waals surface area (Å²) in [6.45, 7) is 5.58. The molecule has 2 N–H and O–H groups in total. The second-order valence-electron chi connectivity index (χ2n) is 6.95. The lowest BCUT2D eigenvalue weighted by molar-refractivity contribution is 0.312. The Hall–Kier alpha value is -2.07. The fourth-order valence-electron chi connectivity index (χ4n) is 3.12. The van der Waals surface area contributed by atoms with Gasteiger partial charge in [0.25, 0.3) is 0 Å². The standard InChI is InChI=1S/C21H30N6O.HI/c1-22-21(24-14-17-5-4-6-19(13-17)28-3)25-16-18-7-8-20(23-15-18)27-11-9-26(2)10-12-27;/h4-8,13,15H,9-12,14,16H2,1-3H3,(H2,22,24,25);1H. The van der Waals surface area contributed by atoms with Gasteiger partial charge in [0, 0.05) is 52.5 Å². The molecular formula is C21H31IN6O. The molecule has 7 nitrogen and oxygen atoms in total. The van der Waals surface area contributed by atoms with Gasteiger partial charge in [-0.25, -0.2) is 4.98 Å². The van der Waals surface area contributed by atoms with Crippen molar-refractivity contribution in [1.29, 1.82) is 0 Å². The van der Waals surface area contributed by atoms with E-state index in [1.807, 2.05) is 24.4 Å². The summed E-state index contributed by atoms with van der Waals surface area (Å²) in [5.74, 6) is 2.66. The van der Waals surface area contributed by atoms with Crippen LogP contribution in [-0.4, -0.2) is 63.2 Å². The quantitative estimate of drug-likeness (QED) is 0.354. The lowest BCUT2D eigenvalue weighted by atomic mass is 10.2. The molecule has 0 aliphatic carbocycles. The van der Waals surface area contributed by atoms with Gasteiger partial charge in [0.05, 0.1) is 7.11 Å². The SMILES string of the molecule is CN=C(NCc1ccc(N2CCN(C)CC2)nc1)NCc1cccc(OC)c1.I. The van der Waals surface area contributed by atoms with Crippen molar-refractivity contribution in [3.05, 3.63) is 53.7 Å². The number of nitrogens with one attached hydrogen (secondary N) is 2. The number of aliphatic imine (C=N–C) groups is 1. The Kier molecular flexibility index (Phi) is 9.46. The Morgan fingerprint density at radius 2 is 1.79 bits per heavy atom. The van der Waals surface area contributed by atoms with Gasteiger partial charge in [-0.2, -0.15) is 0 Å². The predicted molar refractivity (Wildman–Crippen MR) is 129 cm³/mol. The first kappa shape index (κ1) is 23.2. The maximum atomic E-state index is 5.27. The number of guanidine groups is 1. The smallest absolute Gasteiger partial charge is 0.191 e. The van der Waals surface area contributed by atoms with E-state index in [1.165, 1.54) is 0 Å². The summed E-state index contributed by atoms with van der Waals surface area (Å²) in [5.41, 5.74) is 2.27. The van der Waals surface area contributed by atoms with Crippen LogP contribution in [0.15, 0.2) is 47.6 Å². The topological polar surface area (TPSA) is 65.0 Å². The number of piperazine rings is 1. The third-order valence-corrected chi connectivity index (χ3v) is 4.91. The number of ether oxygens (including phenoxy) is 1. The molecule has 0 spiro atoms. The molecule has 0 unspecified atom stereocenters. The molecule has 2 aromatic rings. The maximum absolute atomic E-state index is 5.27. The van der Waals surface area contributed by atoms with Gasteiger partial charge < -0.3 is 25.2 Å². The van der Waals surface area contributed by atoms with Gasteiger partial charge in [-0.05, 0) is 36.4 Å². The molecule has 158 valence electrons. The molecule has 0 amide bonds. The van der Waals surface area contributed by atoms with Crippen molar-refractivity contribution in [2.24, 2.45) is 4.99 Å². The number of benzene rings is 1. The van der Waals surface area contributed by atoms with Crippen molar-refractivity contribution in [3.63, 3.8) is 0 Å². The van der Waals surface area contributed by atoms with E-state index < -0.39 is 0 Å². The molecule has 1 aromatic carbocycles. The van der Waals surface area contributed by atoms with E-state index in [1.54, 1.807) is 14.2 Å². The molecule has 2 heterocycles. The molecule has 1 aliphatic rings. The molecule has 29 heavy (non-hydrogen) atoms. The number of rotatable bonds is 6. The Morgan fingerprint density at radius 1 is 1.07 bits per heavy atom. The lowest BCUT2D eigenvalue weighted by Crippen LogP contribution is -2.44. The molecule has 1 fully saturated rings. The van der Waals surface area contributed by atoms with Crippen LogP contribution in [0.1, 0.15) is 11.1 Å². The monoisotopic (exact) mass is 510 g/mol. The van der Waals surface area contributed by atoms with E-state index in [-0.39, 0.29) is 24.0 Å². The molecule has 1 aliphatic heterocycles. The highest BCUT2D eigenvalue weighted by molar-refractivity contribution is 14.0. The minimum atomic E-state index is 0. The molecule has 1 saturated heterocycles. The van der Waals surface area contributed by atoms with Crippen LogP contribution < -0.4 is 20.3 Å². The van der Waals surface area contributed by atoms with E-state index in [2.05, 4.69) is 55.7 Å². The average Bonchev–Trinajstić information content (AvgIpc) is 2.75. The van der Waals surface area contributed by atoms with Crippen LogP contribution >= 0.6 is 24.0 Å². The second-order valence-corrected chi connectivity index (χ2v) is 6.95. The van der Waals surface area contributed by atoms with Crippen molar-refractivity contribution >= 4 is 35.8 Å². The van der Waals surface area contributed by atoms with Crippen molar-refractivity contribution in [2.45, 2.75) is 13.1 Å². The normalized spacial score (nSPS) is 14.9. The Labute approximate surface area is 190 Å². The van der Waals surface area contributed by atoms with Crippen LogP contribution in [0.2, 0.25) is 0 Å². The van der Waals surface area contributed by atoms with Gasteiger partial charge >= 0.3 is 0 Å². The molecule has 0 atom stereocenters. The summed E-state index contributed by atoms with van der Waals surface area (Å²) >= 11 is 0. The number of nitrogens with zero attached hydrogens (tertiary/aromatic N) is 4. The van der Waals surface area contributed by atoms with Crippen LogP contribution in [0.25, 0.3) is 0 Å². The number of likely N-dealkylation sites (N-methyl/N-ethyl adjacent to an activating group) is 1. The maximum Gasteiger partial charge on any atom is 0.191 e. The Balaban J connectivity index is 0.00000300.